The standard InChI is InChI=1S/C21H25NO3S/c1-3-24-20-14-18(21(26)22-9-11-23-12-10-22)7-8-19(20)25-15-17-6-4-5-16(2)13-17/h4-8,13-14H,3,9-12,15H2,1-2H3. The van der Waals surface area contributed by atoms with E-state index in [2.05, 4.69) is 30.0 Å². The van der Waals surface area contributed by atoms with E-state index in [1.807, 2.05) is 31.2 Å². The van der Waals surface area contributed by atoms with Crippen molar-refractivity contribution in [1.29, 1.82) is 0 Å². The van der Waals surface area contributed by atoms with Crippen LogP contribution in [-0.2, 0) is 11.3 Å². The van der Waals surface area contributed by atoms with Crippen LogP contribution in [0.4, 0.5) is 0 Å². The molecular formula is C21H25NO3S. The second-order valence-electron chi connectivity index (χ2n) is 6.28. The molecule has 0 amide bonds. The van der Waals surface area contributed by atoms with Gasteiger partial charge in [-0.05, 0) is 37.6 Å². The number of rotatable bonds is 6. The Bertz CT molecular complexity index is 757. The van der Waals surface area contributed by atoms with Gasteiger partial charge >= 0.3 is 0 Å². The molecule has 0 aliphatic carbocycles. The van der Waals surface area contributed by atoms with E-state index in [0.29, 0.717) is 13.2 Å². The monoisotopic (exact) mass is 371 g/mol. The largest absolute Gasteiger partial charge is 0.490 e. The van der Waals surface area contributed by atoms with Gasteiger partial charge in [0, 0.05) is 18.7 Å². The molecule has 0 N–H and O–H groups in total. The highest BCUT2D eigenvalue weighted by Crippen LogP contribution is 2.30. The first-order chi connectivity index (χ1) is 12.7. The van der Waals surface area contributed by atoms with Crippen molar-refractivity contribution in [3.05, 3.63) is 59.2 Å². The van der Waals surface area contributed by atoms with Crippen molar-refractivity contribution in [3.63, 3.8) is 0 Å². The predicted molar refractivity (Wildman–Crippen MR) is 107 cm³/mol. The summed E-state index contributed by atoms with van der Waals surface area (Å²) in [6, 6.07) is 14.2. The van der Waals surface area contributed by atoms with Gasteiger partial charge in [-0.1, -0.05) is 42.0 Å². The summed E-state index contributed by atoms with van der Waals surface area (Å²) in [7, 11) is 0. The molecule has 0 atom stereocenters. The average Bonchev–Trinajstić information content (AvgIpc) is 2.67. The molecule has 0 bridgehead atoms. The summed E-state index contributed by atoms with van der Waals surface area (Å²) < 4.78 is 17.2. The van der Waals surface area contributed by atoms with Crippen molar-refractivity contribution in [3.8, 4) is 11.5 Å². The molecular weight excluding hydrogens is 346 g/mol. The zero-order valence-electron chi connectivity index (χ0n) is 15.4. The first-order valence-electron chi connectivity index (χ1n) is 8.99. The van der Waals surface area contributed by atoms with Crippen LogP contribution in [0.3, 0.4) is 0 Å². The fraction of sp³-hybridized carbons (Fsp3) is 0.381. The fourth-order valence-electron chi connectivity index (χ4n) is 2.94. The normalized spacial score (nSPS) is 14.2. The average molecular weight is 372 g/mol. The molecule has 1 fully saturated rings. The topological polar surface area (TPSA) is 30.9 Å². The maximum Gasteiger partial charge on any atom is 0.161 e. The van der Waals surface area contributed by atoms with Crippen molar-refractivity contribution in [2.24, 2.45) is 0 Å². The summed E-state index contributed by atoms with van der Waals surface area (Å²) in [4.78, 5) is 3.01. The number of nitrogens with zero attached hydrogens (tertiary/aromatic N) is 1. The van der Waals surface area contributed by atoms with E-state index >= 15 is 0 Å². The number of aryl methyl sites for hydroxylation is 1. The minimum absolute atomic E-state index is 0.509. The Labute approximate surface area is 160 Å². The molecule has 0 spiro atoms. The van der Waals surface area contributed by atoms with Gasteiger partial charge in [0.15, 0.2) is 11.5 Å². The van der Waals surface area contributed by atoms with E-state index in [1.165, 1.54) is 5.56 Å². The summed E-state index contributed by atoms with van der Waals surface area (Å²) in [6.45, 7) is 8.23. The fourth-order valence-corrected chi connectivity index (χ4v) is 3.25. The van der Waals surface area contributed by atoms with E-state index in [4.69, 9.17) is 26.4 Å². The molecule has 2 aromatic carbocycles. The number of benzene rings is 2. The Balaban J connectivity index is 1.74. The van der Waals surface area contributed by atoms with Crippen LogP contribution in [0.5, 0.6) is 11.5 Å². The third-order valence-corrected chi connectivity index (χ3v) is 4.76. The Morgan fingerprint density at radius 1 is 1.08 bits per heavy atom. The SMILES string of the molecule is CCOc1cc(C(=S)N2CCOCC2)ccc1OCc1cccc(C)c1. The number of ether oxygens (including phenoxy) is 3. The summed E-state index contributed by atoms with van der Waals surface area (Å²) >= 11 is 5.66. The second kappa shape index (κ2) is 9.01. The molecule has 0 radical (unpaired) electrons. The first-order valence-corrected chi connectivity index (χ1v) is 9.40. The molecule has 1 saturated heterocycles. The van der Waals surface area contributed by atoms with E-state index in [-0.39, 0.29) is 0 Å². The third kappa shape index (κ3) is 4.74. The lowest BCUT2D eigenvalue weighted by molar-refractivity contribution is 0.0693. The highest BCUT2D eigenvalue weighted by Gasteiger charge is 2.17. The lowest BCUT2D eigenvalue weighted by Crippen LogP contribution is -2.40. The van der Waals surface area contributed by atoms with Gasteiger partial charge in [0.25, 0.3) is 0 Å². The lowest BCUT2D eigenvalue weighted by Gasteiger charge is -2.29. The van der Waals surface area contributed by atoms with Gasteiger partial charge in [-0.25, -0.2) is 0 Å². The maximum atomic E-state index is 6.01. The van der Waals surface area contributed by atoms with Crippen molar-refractivity contribution >= 4 is 17.2 Å². The summed E-state index contributed by atoms with van der Waals surface area (Å²) in [5, 5.41) is 0. The highest BCUT2D eigenvalue weighted by molar-refractivity contribution is 7.80. The molecule has 4 nitrogen and oxygen atoms in total. The Morgan fingerprint density at radius 2 is 1.88 bits per heavy atom. The van der Waals surface area contributed by atoms with Gasteiger partial charge < -0.3 is 19.1 Å². The van der Waals surface area contributed by atoms with Gasteiger partial charge in [0.05, 0.1) is 19.8 Å². The van der Waals surface area contributed by atoms with E-state index in [1.54, 1.807) is 0 Å². The van der Waals surface area contributed by atoms with Crippen LogP contribution in [0.1, 0.15) is 23.6 Å². The van der Waals surface area contributed by atoms with Crippen LogP contribution in [0.2, 0.25) is 0 Å². The summed E-state index contributed by atoms with van der Waals surface area (Å²) in [6.07, 6.45) is 0. The zero-order valence-corrected chi connectivity index (χ0v) is 16.2. The predicted octanol–water partition coefficient (Wildman–Crippen LogP) is 3.98. The van der Waals surface area contributed by atoms with Gasteiger partial charge in [-0.2, -0.15) is 0 Å². The number of thiocarbonyl (C=S) groups is 1. The molecule has 1 heterocycles. The lowest BCUT2D eigenvalue weighted by atomic mass is 10.1. The third-order valence-electron chi connectivity index (χ3n) is 4.27. The highest BCUT2D eigenvalue weighted by atomic mass is 32.1. The smallest absolute Gasteiger partial charge is 0.161 e. The quantitative estimate of drug-likeness (QED) is 0.717. The second-order valence-corrected chi connectivity index (χ2v) is 6.66. The molecule has 1 aliphatic rings. The molecule has 1 aliphatic heterocycles. The van der Waals surface area contributed by atoms with Gasteiger partial charge in [-0.3, -0.25) is 0 Å². The van der Waals surface area contributed by atoms with E-state index in [0.717, 1.165) is 53.9 Å². The molecule has 5 heteroatoms. The van der Waals surface area contributed by atoms with Crippen LogP contribution in [-0.4, -0.2) is 42.8 Å². The molecule has 0 aromatic heterocycles. The van der Waals surface area contributed by atoms with E-state index < -0.39 is 0 Å². The van der Waals surface area contributed by atoms with Gasteiger partial charge in [0.2, 0.25) is 0 Å². The number of hydrogen-bond acceptors (Lipinski definition) is 4. The van der Waals surface area contributed by atoms with Crippen molar-refractivity contribution in [2.75, 3.05) is 32.9 Å². The molecule has 0 saturated carbocycles. The van der Waals surface area contributed by atoms with Crippen LogP contribution in [0.25, 0.3) is 0 Å². The minimum Gasteiger partial charge on any atom is -0.490 e. The Kier molecular flexibility index (Phi) is 6.47. The first kappa shape index (κ1) is 18.7. The van der Waals surface area contributed by atoms with Crippen molar-refractivity contribution in [2.45, 2.75) is 20.5 Å². The van der Waals surface area contributed by atoms with Crippen LogP contribution < -0.4 is 9.47 Å². The Hall–Kier alpha value is -2.11. The summed E-state index contributed by atoms with van der Waals surface area (Å²) in [5.41, 5.74) is 3.34. The van der Waals surface area contributed by atoms with Crippen LogP contribution in [0.15, 0.2) is 42.5 Å². The van der Waals surface area contributed by atoms with Crippen molar-refractivity contribution in [1.82, 2.24) is 4.90 Å². The minimum atomic E-state index is 0.509. The number of hydrogen-bond donors (Lipinski definition) is 0. The molecule has 26 heavy (non-hydrogen) atoms. The molecule has 0 unspecified atom stereocenters. The van der Waals surface area contributed by atoms with E-state index in [9.17, 15) is 0 Å². The zero-order chi connectivity index (χ0) is 18.4. The molecule has 2 aromatic rings. The van der Waals surface area contributed by atoms with Crippen molar-refractivity contribution < 1.29 is 14.2 Å². The van der Waals surface area contributed by atoms with Gasteiger partial charge in [-0.15, -0.1) is 0 Å². The molecule has 138 valence electrons. The van der Waals surface area contributed by atoms with Crippen LogP contribution >= 0.6 is 12.2 Å². The summed E-state index contributed by atoms with van der Waals surface area (Å²) in [5.74, 6) is 1.47. The molecule has 3 rings (SSSR count). The Morgan fingerprint density at radius 3 is 2.62 bits per heavy atom. The van der Waals surface area contributed by atoms with Crippen LogP contribution in [0, 0.1) is 6.92 Å². The number of morpholine rings is 1. The van der Waals surface area contributed by atoms with Gasteiger partial charge in [0.1, 0.15) is 11.6 Å². The maximum absolute atomic E-state index is 6.01.